The number of rotatable bonds is 8. The Hall–Kier alpha value is -2.53. The summed E-state index contributed by atoms with van der Waals surface area (Å²) in [4.78, 5) is 20.3. The molecular formula is C23H27N3OS. The second-order valence-corrected chi connectivity index (χ2v) is 7.91. The van der Waals surface area contributed by atoms with Gasteiger partial charge in [-0.3, -0.25) is 4.79 Å². The molecule has 4 nitrogen and oxygen atoms in total. The molecule has 1 atom stereocenters. The third-order valence-corrected chi connectivity index (χ3v) is 5.66. The van der Waals surface area contributed by atoms with Crippen LogP contribution in [-0.4, -0.2) is 21.6 Å². The molecule has 0 aliphatic rings. The van der Waals surface area contributed by atoms with E-state index in [1.165, 1.54) is 22.9 Å². The van der Waals surface area contributed by atoms with Gasteiger partial charge >= 0.3 is 0 Å². The average Bonchev–Trinajstić information content (AvgIpc) is 3.06. The topological polar surface area (TPSA) is 57.8 Å². The first kappa shape index (κ1) is 20.2. The lowest BCUT2D eigenvalue weighted by Gasteiger charge is -2.14. The summed E-state index contributed by atoms with van der Waals surface area (Å²) < 4.78 is 0. The van der Waals surface area contributed by atoms with E-state index in [0.29, 0.717) is 5.75 Å². The van der Waals surface area contributed by atoms with Gasteiger partial charge < -0.3 is 10.3 Å². The number of thioether (sulfide) groups is 1. The van der Waals surface area contributed by atoms with E-state index in [0.717, 1.165) is 34.9 Å². The van der Waals surface area contributed by atoms with Crippen molar-refractivity contribution in [3.05, 3.63) is 82.7 Å². The van der Waals surface area contributed by atoms with Crippen molar-refractivity contribution in [1.82, 2.24) is 15.3 Å². The van der Waals surface area contributed by atoms with Gasteiger partial charge in [-0.15, -0.1) is 0 Å². The number of nitrogens with zero attached hydrogens (tertiary/aromatic N) is 1. The maximum atomic E-state index is 12.3. The molecule has 0 saturated heterocycles. The normalized spacial score (nSPS) is 12.0. The number of hydrogen-bond donors (Lipinski definition) is 2. The van der Waals surface area contributed by atoms with E-state index in [1.54, 1.807) is 0 Å². The fourth-order valence-electron chi connectivity index (χ4n) is 3.04. The molecule has 0 aliphatic carbocycles. The minimum atomic E-state index is -0.00835. The van der Waals surface area contributed by atoms with Crippen LogP contribution in [0.15, 0.2) is 59.8 Å². The average molecular weight is 394 g/mol. The Kier molecular flexibility index (Phi) is 6.93. The lowest BCUT2D eigenvalue weighted by Crippen LogP contribution is -2.28. The second-order valence-electron chi connectivity index (χ2n) is 6.95. The van der Waals surface area contributed by atoms with Gasteiger partial charge in [0.15, 0.2) is 5.16 Å². The summed E-state index contributed by atoms with van der Waals surface area (Å²) in [5.41, 5.74) is 5.73. The summed E-state index contributed by atoms with van der Waals surface area (Å²) in [6, 6.07) is 18.7. The Morgan fingerprint density at radius 2 is 1.82 bits per heavy atom. The molecule has 0 aliphatic heterocycles. The van der Waals surface area contributed by atoms with Crippen LogP contribution in [0.1, 0.15) is 48.0 Å². The molecule has 2 aromatic carbocycles. The van der Waals surface area contributed by atoms with Gasteiger partial charge in [0.05, 0.1) is 17.5 Å². The van der Waals surface area contributed by atoms with E-state index < -0.39 is 0 Å². The van der Waals surface area contributed by atoms with Crippen LogP contribution in [0, 0.1) is 6.92 Å². The van der Waals surface area contributed by atoms with Gasteiger partial charge in [0, 0.05) is 12.1 Å². The number of H-pyrrole nitrogens is 1. The molecule has 0 saturated carbocycles. The Bertz CT molecular complexity index is 903. The quantitative estimate of drug-likeness (QED) is 0.538. The zero-order valence-electron chi connectivity index (χ0n) is 16.7. The predicted molar refractivity (Wildman–Crippen MR) is 116 cm³/mol. The van der Waals surface area contributed by atoms with Crippen LogP contribution in [0.25, 0.3) is 0 Å². The fraction of sp³-hybridized carbons (Fsp3) is 0.304. The highest BCUT2D eigenvalue weighted by molar-refractivity contribution is 7.99. The number of hydrogen-bond acceptors (Lipinski definition) is 3. The highest BCUT2D eigenvalue weighted by atomic mass is 32.2. The van der Waals surface area contributed by atoms with Crippen LogP contribution in [0.3, 0.4) is 0 Å². The zero-order valence-corrected chi connectivity index (χ0v) is 17.5. The largest absolute Gasteiger partial charge is 0.349 e. The maximum absolute atomic E-state index is 12.3. The highest BCUT2D eigenvalue weighted by Crippen LogP contribution is 2.20. The molecule has 3 aromatic rings. The van der Waals surface area contributed by atoms with E-state index in [4.69, 9.17) is 0 Å². The number of imidazole rings is 1. The second kappa shape index (κ2) is 9.60. The summed E-state index contributed by atoms with van der Waals surface area (Å²) in [5, 5.41) is 3.85. The molecule has 3 rings (SSSR count). The summed E-state index contributed by atoms with van der Waals surface area (Å²) in [6.45, 7) is 6.18. The molecule has 1 amide bonds. The molecule has 0 radical (unpaired) electrons. The Morgan fingerprint density at radius 3 is 2.50 bits per heavy atom. The Balaban J connectivity index is 1.52. The van der Waals surface area contributed by atoms with Crippen molar-refractivity contribution < 1.29 is 4.79 Å². The van der Waals surface area contributed by atoms with Crippen LogP contribution in [0.4, 0.5) is 0 Å². The molecule has 1 unspecified atom stereocenters. The van der Waals surface area contributed by atoms with Crippen molar-refractivity contribution in [3.8, 4) is 0 Å². The molecule has 0 fully saturated rings. The lowest BCUT2D eigenvalue weighted by atomic mass is 10.1. The maximum Gasteiger partial charge on any atom is 0.230 e. The third-order valence-electron chi connectivity index (χ3n) is 4.78. The number of aromatic nitrogens is 2. The molecule has 2 N–H and O–H groups in total. The third kappa shape index (κ3) is 5.49. The Morgan fingerprint density at radius 1 is 1.11 bits per heavy atom. The van der Waals surface area contributed by atoms with Crippen LogP contribution < -0.4 is 5.32 Å². The predicted octanol–water partition coefficient (Wildman–Crippen LogP) is 4.84. The van der Waals surface area contributed by atoms with Gasteiger partial charge in [0.2, 0.25) is 5.91 Å². The van der Waals surface area contributed by atoms with E-state index in [2.05, 4.69) is 58.6 Å². The number of aromatic amines is 1. The van der Waals surface area contributed by atoms with Crippen molar-refractivity contribution in [2.75, 3.05) is 5.75 Å². The minimum Gasteiger partial charge on any atom is -0.349 e. The summed E-state index contributed by atoms with van der Waals surface area (Å²) in [6.07, 6.45) is 1.81. The fourth-order valence-corrected chi connectivity index (χ4v) is 3.79. The van der Waals surface area contributed by atoms with Gasteiger partial charge in [-0.1, -0.05) is 73.3 Å². The van der Waals surface area contributed by atoms with Gasteiger partial charge in [-0.05, 0) is 37.0 Å². The number of amides is 1. The van der Waals surface area contributed by atoms with E-state index >= 15 is 0 Å². The SMILES string of the molecule is CCc1ccc(C(C)NC(=O)CSc2nc(Cc3ccccc3)c(C)[nH]2)cc1. The Labute approximate surface area is 171 Å². The number of carbonyl (C=O) groups excluding carboxylic acids is 1. The summed E-state index contributed by atoms with van der Waals surface area (Å²) in [5.74, 6) is 0.352. The standard InChI is InChI=1S/C23H27N3OS/c1-4-18-10-12-20(13-11-18)16(2)24-22(27)15-28-23-25-17(3)21(26-23)14-19-8-6-5-7-9-19/h5-13,16H,4,14-15H2,1-3H3,(H,24,27)(H,25,26). The number of nitrogens with one attached hydrogen (secondary N) is 2. The van der Waals surface area contributed by atoms with Crippen molar-refractivity contribution in [1.29, 1.82) is 0 Å². The number of carbonyl (C=O) groups is 1. The van der Waals surface area contributed by atoms with Gasteiger partial charge in [-0.25, -0.2) is 4.98 Å². The van der Waals surface area contributed by atoms with Crippen LogP contribution in [0.5, 0.6) is 0 Å². The lowest BCUT2D eigenvalue weighted by molar-refractivity contribution is -0.119. The van der Waals surface area contributed by atoms with Crippen molar-refractivity contribution in [3.63, 3.8) is 0 Å². The van der Waals surface area contributed by atoms with Gasteiger partial charge in [-0.2, -0.15) is 0 Å². The molecule has 0 bridgehead atoms. The first-order valence-electron chi connectivity index (χ1n) is 9.65. The zero-order chi connectivity index (χ0) is 19.9. The summed E-state index contributed by atoms with van der Waals surface area (Å²) in [7, 11) is 0. The number of benzene rings is 2. The van der Waals surface area contributed by atoms with Crippen LogP contribution in [-0.2, 0) is 17.6 Å². The molecule has 5 heteroatoms. The molecule has 1 aromatic heterocycles. The van der Waals surface area contributed by atoms with Gasteiger partial charge in [0.25, 0.3) is 0 Å². The van der Waals surface area contributed by atoms with Crippen LogP contribution in [0.2, 0.25) is 0 Å². The first-order valence-corrected chi connectivity index (χ1v) is 10.6. The number of aryl methyl sites for hydroxylation is 2. The van der Waals surface area contributed by atoms with E-state index in [1.807, 2.05) is 32.0 Å². The molecule has 1 heterocycles. The van der Waals surface area contributed by atoms with Crippen LogP contribution >= 0.6 is 11.8 Å². The molecule has 28 heavy (non-hydrogen) atoms. The van der Waals surface area contributed by atoms with Crippen molar-refractivity contribution in [2.24, 2.45) is 0 Å². The van der Waals surface area contributed by atoms with E-state index in [9.17, 15) is 4.79 Å². The first-order chi connectivity index (χ1) is 13.5. The van der Waals surface area contributed by atoms with Crippen molar-refractivity contribution in [2.45, 2.75) is 44.8 Å². The van der Waals surface area contributed by atoms with Crippen molar-refractivity contribution >= 4 is 17.7 Å². The molecule has 0 spiro atoms. The highest BCUT2D eigenvalue weighted by Gasteiger charge is 2.13. The monoisotopic (exact) mass is 393 g/mol. The molecular weight excluding hydrogens is 366 g/mol. The van der Waals surface area contributed by atoms with E-state index in [-0.39, 0.29) is 11.9 Å². The van der Waals surface area contributed by atoms with Gasteiger partial charge in [0.1, 0.15) is 0 Å². The molecule has 146 valence electrons. The summed E-state index contributed by atoms with van der Waals surface area (Å²) >= 11 is 1.44. The smallest absolute Gasteiger partial charge is 0.230 e. The minimum absolute atomic E-state index is 0.00835.